The van der Waals surface area contributed by atoms with Crippen LogP contribution in [0.3, 0.4) is 0 Å². The Morgan fingerprint density at radius 1 is 1.22 bits per heavy atom. The highest BCUT2D eigenvalue weighted by Crippen LogP contribution is 2.40. The van der Waals surface area contributed by atoms with Crippen LogP contribution in [-0.2, 0) is 11.3 Å². The van der Waals surface area contributed by atoms with Gasteiger partial charge in [-0.1, -0.05) is 18.2 Å². The first kappa shape index (κ1) is 16.3. The Hall–Kier alpha value is -1.53. The maximum absolute atomic E-state index is 13.9. The lowest BCUT2D eigenvalue weighted by Gasteiger charge is -2.24. The summed E-state index contributed by atoms with van der Waals surface area (Å²) in [5, 5.41) is -0.136. The summed E-state index contributed by atoms with van der Waals surface area (Å²) in [5.74, 6) is -0.890. The van der Waals surface area contributed by atoms with Crippen molar-refractivity contribution in [3.05, 3.63) is 65.2 Å². The first-order chi connectivity index (χ1) is 11.1. The van der Waals surface area contributed by atoms with Gasteiger partial charge in [0.1, 0.15) is 17.0 Å². The lowest BCUT2D eigenvalue weighted by Crippen LogP contribution is -2.28. The second-order valence-electron chi connectivity index (χ2n) is 5.19. The van der Waals surface area contributed by atoms with Gasteiger partial charge in [0.2, 0.25) is 5.91 Å². The number of nitrogens with zero attached hydrogens (tertiary/aromatic N) is 1. The van der Waals surface area contributed by atoms with E-state index in [9.17, 15) is 13.6 Å². The first-order valence-corrected chi connectivity index (χ1v) is 9.35. The van der Waals surface area contributed by atoms with E-state index in [0.29, 0.717) is 11.3 Å². The molecule has 2 aromatic rings. The number of carbonyl (C=O) groups excluding carboxylic acids is 1. The van der Waals surface area contributed by atoms with Gasteiger partial charge in [-0.15, -0.1) is 23.5 Å². The van der Waals surface area contributed by atoms with Gasteiger partial charge in [0.05, 0.1) is 5.75 Å². The fourth-order valence-electron chi connectivity index (χ4n) is 2.50. The van der Waals surface area contributed by atoms with Crippen molar-refractivity contribution < 1.29 is 13.6 Å². The summed E-state index contributed by atoms with van der Waals surface area (Å²) in [7, 11) is 0. The smallest absolute Gasteiger partial charge is 0.234 e. The van der Waals surface area contributed by atoms with E-state index in [1.807, 2.05) is 30.5 Å². The number of hydrogen-bond acceptors (Lipinski definition) is 3. The van der Waals surface area contributed by atoms with Crippen LogP contribution >= 0.6 is 23.5 Å². The van der Waals surface area contributed by atoms with E-state index in [0.717, 1.165) is 16.5 Å². The Balaban J connectivity index is 1.84. The van der Waals surface area contributed by atoms with E-state index in [-0.39, 0.29) is 17.8 Å². The molecule has 1 unspecified atom stereocenters. The summed E-state index contributed by atoms with van der Waals surface area (Å²) in [6.45, 7) is 0.146. The van der Waals surface area contributed by atoms with E-state index in [1.54, 1.807) is 16.7 Å². The maximum atomic E-state index is 13.9. The molecule has 0 N–H and O–H groups in total. The molecule has 1 saturated heterocycles. The summed E-state index contributed by atoms with van der Waals surface area (Å²) in [6, 6.07) is 11.5. The number of rotatable bonds is 4. The predicted molar refractivity (Wildman–Crippen MR) is 90.3 cm³/mol. The Kier molecular flexibility index (Phi) is 4.92. The molecule has 6 heteroatoms. The van der Waals surface area contributed by atoms with E-state index in [4.69, 9.17) is 0 Å². The Morgan fingerprint density at radius 2 is 1.96 bits per heavy atom. The molecule has 0 aliphatic carbocycles. The molecule has 0 saturated carbocycles. The summed E-state index contributed by atoms with van der Waals surface area (Å²) < 4.78 is 26.9. The van der Waals surface area contributed by atoms with Crippen molar-refractivity contribution >= 4 is 29.4 Å². The minimum absolute atomic E-state index is 0.0299. The van der Waals surface area contributed by atoms with E-state index in [2.05, 4.69) is 0 Å². The number of carbonyl (C=O) groups is 1. The molecule has 1 atom stereocenters. The molecule has 2 aromatic carbocycles. The number of thioether (sulfide) groups is 2. The van der Waals surface area contributed by atoms with Gasteiger partial charge in [0.25, 0.3) is 0 Å². The topological polar surface area (TPSA) is 20.3 Å². The van der Waals surface area contributed by atoms with Crippen molar-refractivity contribution in [3.8, 4) is 0 Å². The Morgan fingerprint density at radius 3 is 2.61 bits per heavy atom. The van der Waals surface area contributed by atoms with Gasteiger partial charge >= 0.3 is 0 Å². The number of amides is 1. The quantitative estimate of drug-likeness (QED) is 0.759. The van der Waals surface area contributed by atoms with Crippen molar-refractivity contribution in [1.82, 2.24) is 4.90 Å². The third-order valence-electron chi connectivity index (χ3n) is 3.72. The fourth-order valence-corrected chi connectivity index (χ4v) is 4.10. The van der Waals surface area contributed by atoms with E-state index >= 15 is 0 Å². The van der Waals surface area contributed by atoms with Crippen LogP contribution in [0.2, 0.25) is 0 Å². The molecule has 0 bridgehead atoms. The van der Waals surface area contributed by atoms with Crippen molar-refractivity contribution in [2.75, 3.05) is 12.0 Å². The van der Waals surface area contributed by atoms with Crippen LogP contribution in [0.4, 0.5) is 8.78 Å². The van der Waals surface area contributed by atoms with Gasteiger partial charge in [-0.05, 0) is 30.0 Å². The van der Waals surface area contributed by atoms with Gasteiger partial charge in [0.15, 0.2) is 0 Å². The molecule has 0 radical (unpaired) electrons. The van der Waals surface area contributed by atoms with Gasteiger partial charge < -0.3 is 4.90 Å². The fraction of sp³-hybridized carbons (Fsp3) is 0.235. The zero-order valence-electron chi connectivity index (χ0n) is 12.5. The normalized spacial score (nSPS) is 17.8. The third kappa shape index (κ3) is 3.53. The highest BCUT2D eigenvalue weighted by atomic mass is 32.2. The predicted octanol–water partition coefficient (Wildman–Crippen LogP) is 4.46. The molecule has 0 spiro atoms. The zero-order chi connectivity index (χ0) is 16.4. The van der Waals surface area contributed by atoms with Crippen LogP contribution < -0.4 is 0 Å². The van der Waals surface area contributed by atoms with E-state index < -0.39 is 11.6 Å². The summed E-state index contributed by atoms with van der Waals surface area (Å²) >= 11 is 3.18. The largest absolute Gasteiger partial charge is 0.321 e. The van der Waals surface area contributed by atoms with Crippen LogP contribution in [0.15, 0.2) is 47.4 Å². The highest BCUT2D eigenvalue weighted by Gasteiger charge is 2.33. The van der Waals surface area contributed by atoms with E-state index in [1.165, 1.54) is 23.9 Å². The van der Waals surface area contributed by atoms with Gasteiger partial charge in [-0.25, -0.2) is 8.78 Å². The Bertz CT molecular complexity index is 721. The zero-order valence-corrected chi connectivity index (χ0v) is 14.1. The average Bonchev–Trinajstić information content (AvgIpc) is 2.91. The molecule has 1 amide bonds. The molecular weight excluding hydrogens is 336 g/mol. The maximum Gasteiger partial charge on any atom is 0.234 e. The van der Waals surface area contributed by atoms with Crippen LogP contribution in [0.5, 0.6) is 0 Å². The molecule has 0 aromatic heterocycles. The lowest BCUT2D eigenvalue weighted by molar-refractivity contribution is -0.128. The average molecular weight is 351 g/mol. The summed E-state index contributed by atoms with van der Waals surface area (Å²) in [4.78, 5) is 15.0. The van der Waals surface area contributed by atoms with Crippen LogP contribution in [0.25, 0.3) is 0 Å². The van der Waals surface area contributed by atoms with Crippen molar-refractivity contribution in [3.63, 3.8) is 0 Å². The molecule has 1 fully saturated rings. The monoisotopic (exact) mass is 351 g/mol. The molecule has 1 aliphatic heterocycles. The lowest BCUT2D eigenvalue weighted by atomic mass is 10.1. The second-order valence-corrected chi connectivity index (χ2v) is 7.14. The molecule has 1 heterocycles. The van der Waals surface area contributed by atoms with Gasteiger partial charge in [0, 0.05) is 23.1 Å². The molecule has 2 nitrogen and oxygen atoms in total. The van der Waals surface area contributed by atoms with Crippen LogP contribution in [0.1, 0.15) is 16.5 Å². The molecule has 120 valence electrons. The third-order valence-corrected chi connectivity index (χ3v) is 5.72. The van der Waals surface area contributed by atoms with Crippen molar-refractivity contribution in [2.24, 2.45) is 0 Å². The minimum Gasteiger partial charge on any atom is -0.321 e. The standard InChI is InChI=1S/C17H15F2NOS2/c1-22-14-6-3-11(4-7-14)17-20(16(21)10-23-17)9-12-2-5-13(18)8-15(12)19/h2-8,17H,9-10H2,1H3. The van der Waals surface area contributed by atoms with Crippen LogP contribution in [0, 0.1) is 11.6 Å². The molecule has 1 aliphatic rings. The molecule has 23 heavy (non-hydrogen) atoms. The number of hydrogen-bond donors (Lipinski definition) is 0. The molecular formula is C17H15F2NOS2. The Labute approximate surface area is 142 Å². The number of benzene rings is 2. The van der Waals surface area contributed by atoms with Crippen molar-refractivity contribution in [1.29, 1.82) is 0 Å². The highest BCUT2D eigenvalue weighted by molar-refractivity contribution is 8.00. The number of halogens is 2. The summed E-state index contributed by atoms with van der Waals surface area (Å²) in [5.41, 5.74) is 1.34. The molecule has 3 rings (SSSR count). The van der Waals surface area contributed by atoms with Gasteiger partial charge in [-0.3, -0.25) is 4.79 Å². The minimum atomic E-state index is -0.619. The SMILES string of the molecule is CSc1ccc(C2SCC(=O)N2Cc2ccc(F)cc2F)cc1. The van der Waals surface area contributed by atoms with Gasteiger partial charge in [-0.2, -0.15) is 0 Å². The van der Waals surface area contributed by atoms with Crippen molar-refractivity contribution in [2.45, 2.75) is 16.8 Å². The second kappa shape index (κ2) is 6.93. The summed E-state index contributed by atoms with van der Waals surface area (Å²) in [6.07, 6.45) is 2.01. The first-order valence-electron chi connectivity index (χ1n) is 7.07. The van der Waals surface area contributed by atoms with Crippen LogP contribution in [-0.4, -0.2) is 22.8 Å².